The average molecular weight is 356 g/mol. The van der Waals surface area contributed by atoms with Gasteiger partial charge in [-0.05, 0) is 36.6 Å². The van der Waals surface area contributed by atoms with Crippen LogP contribution in [0.2, 0.25) is 0 Å². The van der Waals surface area contributed by atoms with E-state index in [2.05, 4.69) is 4.98 Å². The molecule has 0 aliphatic carbocycles. The maximum absolute atomic E-state index is 13.1. The molecule has 0 saturated carbocycles. The van der Waals surface area contributed by atoms with Gasteiger partial charge in [-0.3, -0.25) is 9.36 Å². The quantitative estimate of drug-likeness (QED) is 0.680. The molecule has 3 aromatic rings. The standard InChI is InChI=1S/C19H24N4O3/c1-5-10-21-12-20-17-16(21)18(24)22(11-13(2)3)19(25)23(17)14-6-8-15(26-4)9-7-14/h6-9,12-13H,5,10-11H2,1-4H3. The van der Waals surface area contributed by atoms with E-state index in [1.54, 1.807) is 37.7 Å². The molecule has 26 heavy (non-hydrogen) atoms. The van der Waals surface area contributed by atoms with E-state index in [0.717, 1.165) is 6.42 Å². The number of benzene rings is 1. The highest BCUT2D eigenvalue weighted by atomic mass is 16.5. The zero-order valence-electron chi connectivity index (χ0n) is 15.6. The molecule has 0 N–H and O–H groups in total. The normalized spacial score (nSPS) is 11.4. The summed E-state index contributed by atoms with van der Waals surface area (Å²) in [6, 6.07) is 7.16. The molecule has 1 aromatic carbocycles. The molecule has 0 fully saturated rings. The summed E-state index contributed by atoms with van der Waals surface area (Å²) in [7, 11) is 1.59. The molecule has 138 valence electrons. The Bertz CT molecular complexity index is 1030. The first-order valence-corrected chi connectivity index (χ1v) is 8.83. The third-order valence-corrected chi connectivity index (χ3v) is 4.24. The van der Waals surface area contributed by atoms with Gasteiger partial charge >= 0.3 is 5.69 Å². The van der Waals surface area contributed by atoms with Crippen LogP contribution in [0.15, 0.2) is 40.2 Å². The predicted octanol–water partition coefficient (Wildman–Crippen LogP) is 2.42. The highest BCUT2D eigenvalue weighted by molar-refractivity contribution is 5.72. The lowest BCUT2D eigenvalue weighted by atomic mass is 10.2. The van der Waals surface area contributed by atoms with Gasteiger partial charge in [0, 0.05) is 13.1 Å². The fraction of sp³-hybridized carbons (Fsp3) is 0.421. The molecule has 0 spiro atoms. The lowest BCUT2D eigenvalue weighted by molar-refractivity contribution is 0.414. The van der Waals surface area contributed by atoms with E-state index in [1.807, 2.05) is 25.3 Å². The van der Waals surface area contributed by atoms with Crippen molar-refractivity contribution in [2.75, 3.05) is 7.11 Å². The fourth-order valence-electron chi connectivity index (χ4n) is 3.08. The second-order valence-corrected chi connectivity index (χ2v) is 6.74. The van der Waals surface area contributed by atoms with E-state index in [1.165, 1.54) is 9.13 Å². The summed E-state index contributed by atoms with van der Waals surface area (Å²) in [4.78, 5) is 30.5. The average Bonchev–Trinajstić information content (AvgIpc) is 3.03. The van der Waals surface area contributed by atoms with Crippen LogP contribution < -0.4 is 16.0 Å². The Morgan fingerprint density at radius 1 is 1.15 bits per heavy atom. The van der Waals surface area contributed by atoms with Crippen LogP contribution in [0.3, 0.4) is 0 Å². The van der Waals surface area contributed by atoms with Crippen molar-refractivity contribution >= 4 is 11.2 Å². The number of hydrogen-bond donors (Lipinski definition) is 0. The van der Waals surface area contributed by atoms with Crippen molar-refractivity contribution in [3.05, 3.63) is 51.4 Å². The third-order valence-electron chi connectivity index (χ3n) is 4.24. The summed E-state index contributed by atoms with van der Waals surface area (Å²) < 4.78 is 9.83. The molecule has 0 radical (unpaired) electrons. The number of fused-ring (bicyclic) bond motifs is 1. The minimum absolute atomic E-state index is 0.171. The zero-order chi connectivity index (χ0) is 18.8. The first kappa shape index (κ1) is 18.0. The monoisotopic (exact) mass is 356 g/mol. The Hall–Kier alpha value is -2.83. The maximum Gasteiger partial charge on any atom is 0.337 e. The number of rotatable bonds is 6. The molecule has 0 amide bonds. The van der Waals surface area contributed by atoms with Crippen LogP contribution in [0.1, 0.15) is 27.2 Å². The van der Waals surface area contributed by atoms with Crippen LogP contribution in [-0.4, -0.2) is 25.8 Å². The van der Waals surface area contributed by atoms with E-state index in [9.17, 15) is 9.59 Å². The zero-order valence-corrected chi connectivity index (χ0v) is 15.6. The van der Waals surface area contributed by atoms with Gasteiger partial charge in [-0.15, -0.1) is 0 Å². The van der Waals surface area contributed by atoms with Crippen molar-refractivity contribution < 1.29 is 4.74 Å². The SMILES string of the molecule is CCCn1cnc2c1c(=O)n(CC(C)C)c(=O)n2-c1ccc(OC)cc1. The van der Waals surface area contributed by atoms with Gasteiger partial charge in [0.25, 0.3) is 5.56 Å². The summed E-state index contributed by atoms with van der Waals surface area (Å²) in [5.74, 6) is 0.870. The predicted molar refractivity (Wildman–Crippen MR) is 101 cm³/mol. The van der Waals surface area contributed by atoms with Crippen LogP contribution in [0.5, 0.6) is 5.75 Å². The Kier molecular flexibility index (Phi) is 4.97. The van der Waals surface area contributed by atoms with Crippen molar-refractivity contribution in [3.8, 4) is 11.4 Å². The van der Waals surface area contributed by atoms with Gasteiger partial charge < -0.3 is 9.30 Å². The van der Waals surface area contributed by atoms with Crippen molar-refractivity contribution in [2.45, 2.75) is 40.3 Å². The Morgan fingerprint density at radius 2 is 1.85 bits per heavy atom. The summed E-state index contributed by atoms with van der Waals surface area (Å²) in [6.07, 6.45) is 2.51. The third kappa shape index (κ3) is 3.05. The molecular weight excluding hydrogens is 332 g/mol. The molecule has 0 bridgehead atoms. The van der Waals surface area contributed by atoms with Crippen molar-refractivity contribution in [3.63, 3.8) is 0 Å². The molecule has 7 heteroatoms. The molecule has 2 heterocycles. The molecule has 0 saturated heterocycles. The van der Waals surface area contributed by atoms with Crippen LogP contribution in [0, 0.1) is 5.92 Å². The number of nitrogens with zero attached hydrogens (tertiary/aromatic N) is 4. The highest BCUT2D eigenvalue weighted by Crippen LogP contribution is 2.17. The van der Waals surface area contributed by atoms with E-state index in [0.29, 0.717) is 35.7 Å². The Labute approximate surface area is 151 Å². The fourth-order valence-corrected chi connectivity index (χ4v) is 3.08. The van der Waals surface area contributed by atoms with Gasteiger partial charge in [-0.1, -0.05) is 20.8 Å². The molecule has 0 atom stereocenters. The largest absolute Gasteiger partial charge is 0.497 e. The van der Waals surface area contributed by atoms with Gasteiger partial charge in [0.1, 0.15) is 5.75 Å². The van der Waals surface area contributed by atoms with E-state index in [4.69, 9.17) is 4.74 Å². The number of ether oxygens (including phenoxy) is 1. The molecule has 7 nitrogen and oxygen atoms in total. The summed E-state index contributed by atoms with van der Waals surface area (Å²) in [6.45, 7) is 7.04. The molecule has 0 aliphatic heterocycles. The van der Waals surface area contributed by atoms with Gasteiger partial charge in [0.05, 0.1) is 19.1 Å². The lowest BCUT2D eigenvalue weighted by Crippen LogP contribution is -2.41. The Morgan fingerprint density at radius 3 is 2.42 bits per heavy atom. The lowest BCUT2D eigenvalue weighted by Gasteiger charge is -2.14. The first-order valence-electron chi connectivity index (χ1n) is 8.83. The van der Waals surface area contributed by atoms with Gasteiger partial charge in [0.2, 0.25) is 0 Å². The van der Waals surface area contributed by atoms with E-state index < -0.39 is 0 Å². The maximum atomic E-state index is 13.1. The molecule has 3 rings (SSSR count). The summed E-state index contributed by atoms with van der Waals surface area (Å²) in [5.41, 5.74) is 0.846. The van der Waals surface area contributed by atoms with Crippen molar-refractivity contribution in [1.82, 2.24) is 18.7 Å². The van der Waals surface area contributed by atoms with Gasteiger partial charge in [0.15, 0.2) is 11.2 Å². The van der Waals surface area contributed by atoms with Crippen LogP contribution >= 0.6 is 0 Å². The van der Waals surface area contributed by atoms with Gasteiger partial charge in [-0.25, -0.2) is 14.3 Å². The minimum atomic E-state index is -0.372. The number of hydrogen-bond acceptors (Lipinski definition) is 4. The number of aromatic nitrogens is 4. The number of imidazole rings is 1. The van der Waals surface area contributed by atoms with E-state index in [-0.39, 0.29) is 17.2 Å². The van der Waals surface area contributed by atoms with Gasteiger partial charge in [-0.2, -0.15) is 0 Å². The number of aryl methyl sites for hydroxylation is 1. The topological polar surface area (TPSA) is 71.0 Å². The van der Waals surface area contributed by atoms with Crippen molar-refractivity contribution in [1.29, 1.82) is 0 Å². The Balaban J connectivity index is 2.36. The number of methoxy groups -OCH3 is 1. The van der Waals surface area contributed by atoms with Crippen LogP contribution in [0.25, 0.3) is 16.9 Å². The molecule has 2 aromatic heterocycles. The molecule has 0 unspecified atom stereocenters. The van der Waals surface area contributed by atoms with Crippen LogP contribution in [0.4, 0.5) is 0 Å². The second-order valence-electron chi connectivity index (χ2n) is 6.74. The minimum Gasteiger partial charge on any atom is -0.497 e. The van der Waals surface area contributed by atoms with Crippen LogP contribution in [-0.2, 0) is 13.1 Å². The first-order chi connectivity index (χ1) is 12.5. The highest BCUT2D eigenvalue weighted by Gasteiger charge is 2.19. The summed E-state index contributed by atoms with van der Waals surface area (Å²) in [5, 5.41) is 0. The second kappa shape index (κ2) is 7.19. The molecule has 0 aliphatic rings. The molecular formula is C19H24N4O3. The van der Waals surface area contributed by atoms with Crippen molar-refractivity contribution in [2.24, 2.45) is 5.92 Å². The summed E-state index contributed by atoms with van der Waals surface area (Å²) >= 11 is 0. The smallest absolute Gasteiger partial charge is 0.337 e. The van der Waals surface area contributed by atoms with E-state index >= 15 is 0 Å².